The van der Waals surface area contributed by atoms with Crippen molar-refractivity contribution in [1.29, 1.82) is 0 Å². The average Bonchev–Trinajstić information content (AvgIpc) is 2.37. The molecule has 1 aliphatic heterocycles. The van der Waals surface area contributed by atoms with Crippen LogP contribution in [0, 0.1) is 0 Å². The number of nitrogens with zero attached hydrogens (tertiary/aromatic N) is 4. The van der Waals surface area contributed by atoms with E-state index in [1.807, 2.05) is 6.92 Å². The quantitative estimate of drug-likeness (QED) is 0.809. The van der Waals surface area contributed by atoms with E-state index >= 15 is 0 Å². The van der Waals surface area contributed by atoms with Gasteiger partial charge in [0.05, 0.1) is 6.61 Å². The van der Waals surface area contributed by atoms with Crippen molar-refractivity contribution in [1.82, 2.24) is 20.0 Å². The Bertz CT molecular complexity index is 380. The van der Waals surface area contributed by atoms with Crippen LogP contribution in [-0.2, 0) is 0 Å². The van der Waals surface area contributed by atoms with Crippen LogP contribution in [0.3, 0.4) is 0 Å². The van der Waals surface area contributed by atoms with E-state index in [0.29, 0.717) is 12.6 Å². The highest BCUT2D eigenvalue weighted by atomic mass is 16.5. The van der Waals surface area contributed by atoms with Crippen LogP contribution >= 0.6 is 0 Å². The van der Waals surface area contributed by atoms with Crippen molar-refractivity contribution < 1.29 is 4.74 Å². The van der Waals surface area contributed by atoms with Gasteiger partial charge in [-0.05, 0) is 19.3 Å². The van der Waals surface area contributed by atoms with Crippen molar-refractivity contribution in [3.63, 3.8) is 0 Å². The molecule has 1 aliphatic rings. The van der Waals surface area contributed by atoms with Crippen molar-refractivity contribution in [2.75, 3.05) is 30.9 Å². The molecule has 0 aliphatic carbocycles. The van der Waals surface area contributed by atoms with Crippen LogP contribution in [-0.4, -0.2) is 39.7 Å². The molecule has 0 atom stereocenters. The van der Waals surface area contributed by atoms with Crippen molar-refractivity contribution in [2.45, 2.75) is 32.6 Å². The maximum atomic E-state index is 5.64. The summed E-state index contributed by atoms with van der Waals surface area (Å²) < 4.78 is 5.37. The van der Waals surface area contributed by atoms with Gasteiger partial charge in [-0.25, -0.2) is 5.01 Å². The number of ether oxygens (including phenoxy) is 1. The highest BCUT2D eigenvalue weighted by molar-refractivity contribution is 5.31. The Morgan fingerprint density at radius 2 is 2.00 bits per heavy atom. The van der Waals surface area contributed by atoms with E-state index in [0.717, 1.165) is 19.5 Å². The molecule has 1 aromatic heterocycles. The molecular formula is C11H20N6O. The molecule has 2 heterocycles. The maximum Gasteiger partial charge on any atom is 0.323 e. The Labute approximate surface area is 107 Å². The third kappa shape index (κ3) is 3.69. The molecule has 0 unspecified atom stereocenters. The Hall–Kier alpha value is -1.63. The molecule has 0 amide bonds. The normalized spacial score (nSPS) is 16.5. The number of anilines is 2. The largest absolute Gasteiger partial charge is 0.463 e. The van der Waals surface area contributed by atoms with E-state index < -0.39 is 0 Å². The zero-order valence-corrected chi connectivity index (χ0v) is 10.7. The van der Waals surface area contributed by atoms with Gasteiger partial charge in [-0.3, -0.25) is 5.43 Å². The lowest BCUT2D eigenvalue weighted by Gasteiger charge is -2.26. The molecule has 0 saturated carbocycles. The number of piperidine rings is 1. The number of aromatic nitrogens is 3. The van der Waals surface area contributed by atoms with Crippen LogP contribution in [0.15, 0.2) is 0 Å². The third-order valence-electron chi connectivity index (χ3n) is 2.68. The van der Waals surface area contributed by atoms with Crippen molar-refractivity contribution in [3.8, 4) is 6.01 Å². The first-order valence-corrected chi connectivity index (χ1v) is 6.44. The van der Waals surface area contributed by atoms with Gasteiger partial charge >= 0.3 is 6.01 Å². The minimum absolute atomic E-state index is 0.176. The van der Waals surface area contributed by atoms with E-state index in [4.69, 9.17) is 10.5 Å². The van der Waals surface area contributed by atoms with E-state index in [9.17, 15) is 0 Å². The van der Waals surface area contributed by atoms with Crippen molar-refractivity contribution in [2.24, 2.45) is 0 Å². The van der Waals surface area contributed by atoms with E-state index in [-0.39, 0.29) is 12.0 Å². The van der Waals surface area contributed by atoms with Gasteiger partial charge in [0.1, 0.15) is 0 Å². The number of nitrogen functional groups attached to an aromatic ring is 1. The lowest BCUT2D eigenvalue weighted by atomic mass is 10.2. The molecular weight excluding hydrogens is 232 g/mol. The topological polar surface area (TPSA) is 89.2 Å². The summed E-state index contributed by atoms with van der Waals surface area (Å²) in [7, 11) is 0. The highest BCUT2D eigenvalue weighted by Gasteiger charge is 2.12. The second-order valence-corrected chi connectivity index (χ2v) is 4.31. The highest BCUT2D eigenvalue weighted by Crippen LogP contribution is 2.13. The maximum absolute atomic E-state index is 5.64. The van der Waals surface area contributed by atoms with Gasteiger partial charge in [0.15, 0.2) is 0 Å². The average molecular weight is 252 g/mol. The van der Waals surface area contributed by atoms with Crippen LogP contribution in [0.25, 0.3) is 0 Å². The molecule has 2 rings (SSSR count). The molecule has 0 aromatic carbocycles. The predicted octanol–water partition coefficient (Wildman–Crippen LogP) is 1.06. The van der Waals surface area contributed by atoms with Gasteiger partial charge in [0, 0.05) is 13.1 Å². The summed E-state index contributed by atoms with van der Waals surface area (Å²) in [4.78, 5) is 12.2. The van der Waals surface area contributed by atoms with Crippen LogP contribution in [0.1, 0.15) is 32.6 Å². The lowest BCUT2D eigenvalue weighted by Crippen LogP contribution is -2.35. The molecule has 1 fully saturated rings. The first kappa shape index (κ1) is 12.8. The molecule has 7 heteroatoms. The number of nitrogens with two attached hydrogens (primary N) is 1. The predicted molar refractivity (Wildman–Crippen MR) is 69.1 cm³/mol. The fraction of sp³-hybridized carbons (Fsp3) is 0.727. The zero-order valence-electron chi connectivity index (χ0n) is 10.7. The SMILES string of the molecule is CCCOc1nc(N)nc(NN2CCCCC2)n1. The summed E-state index contributed by atoms with van der Waals surface area (Å²) in [6, 6.07) is 0.281. The van der Waals surface area contributed by atoms with Crippen LogP contribution in [0.4, 0.5) is 11.9 Å². The summed E-state index contributed by atoms with van der Waals surface area (Å²) in [5, 5.41) is 2.10. The van der Waals surface area contributed by atoms with E-state index in [2.05, 4.69) is 25.4 Å². The number of hydrogen-bond donors (Lipinski definition) is 2. The zero-order chi connectivity index (χ0) is 12.8. The summed E-state index contributed by atoms with van der Waals surface area (Å²) in [5.41, 5.74) is 8.79. The summed E-state index contributed by atoms with van der Waals surface area (Å²) in [6.07, 6.45) is 4.56. The number of rotatable bonds is 5. The standard InChI is InChI=1S/C11H20N6O/c1-2-8-18-11-14-9(12)13-10(15-11)16-17-6-4-3-5-7-17/h2-8H2,1H3,(H3,12,13,14,15,16). The van der Waals surface area contributed by atoms with Gasteiger partial charge in [0.25, 0.3) is 0 Å². The fourth-order valence-electron chi connectivity index (χ4n) is 1.83. The van der Waals surface area contributed by atoms with Gasteiger partial charge in [-0.2, -0.15) is 15.0 Å². The number of nitrogens with one attached hydrogen (secondary N) is 1. The van der Waals surface area contributed by atoms with Crippen LogP contribution < -0.4 is 15.9 Å². The van der Waals surface area contributed by atoms with E-state index in [1.54, 1.807) is 0 Å². The van der Waals surface area contributed by atoms with Gasteiger partial charge in [-0.15, -0.1) is 0 Å². The molecule has 7 nitrogen and oxygen atoms in total. The third-order valence-corrected chi connectivity index (χ3v) is 2.68. The molecule has 18 heavy (non-hydrogen) atoms. The second kappa shape index (κ2) is 6.34. The summed E-state index contributed by atoms with van der Waals surface area (Å²) in [5.74, 6) is 0.631. The van der Waals surface area contributed by atoms with Gasteiger partial charge in [-0.1, -0.05) is 13.3 Å². The van der Waals surface area contributed by atoms with Gasteiger partial charge in [0.2, 0.25) is 11.9 Å². The van der Waals surface area contributed by atoms with Crippen molar-refractivity contribution in [3.05, 3.63) is 0 Å². The van der Waals surface area contributed by atoms with Crippen molar-refractivity contribution >= 4 is 11.9 Å². The monoisotopic (exact) mass is 252 g/mol. The molecule has 1 aromatic rings. The smallest absolute Gasteiger partial charge is 0.323 e. The second-order valence-electron chi connectivity index (χ2n) is 4.31. The molecule has 0 spiro atoms. The Morgan fingerprint density at radius 1 is 1.22 bits per heavy atom. The summed E-state index contributed by atoms with van der Waals surface area (Å²) in [6.45, 7) is 4.59. The first-order valence-electron chi connectivity index (χ1n) is 6.44. The van der Waals surface area contributed by atoms with Crippen LogP contribution in [0.5, 0.6) is 6.01 Å². The Balaban J connectivity index is 1.99. The lowest BCUT2D eigenvalue weighted by molar-refractivity contribution is 0.267. The molecule has 0 bridgehead atoms. The fourth-order valence-corrected chi connectivity index (χ4v) is 1.83. The molecule has 1 saturated heterocycles. The minimum Gasteiger partial charge on any atom is -0.463 e. The minimum atomic E-state index is 0.176. The molecule has 3 N–H and O–H groups in total. The summed E-state index contributed by atoms with van der Waals surface area (Å²) >= 11 is 0. The molecule has 100 valence electrons. The first-order chi connectivity index (χ1) is 8.78. The van der Waals surface area contributed by atoms with Crippen LogP contribution in [0.2, 0.25) is 0 Å². The van der Waals surface area contributed by atoms with E-state index in [1.165, 1.54) is 19.3 Å². The van der Waals surface area contributed by atoms with Gasteiger partial charge < -0.3 is 10.5 Å². The Kier molecular flexibility index (Phi) is 4.52. The number of hydrogen-bond acceptors (Lipinski definition) is 7. The number of hydrazine groups is 1. The molecule has 0 radical (unpaired) electrons. The Morgan fingerprint density at radius 3 is 2.72 bits per heavy atom.